The second-order valence-electron chi connectivity index (χ2n) is 11.2. The largest absolute Gasteiger partial charge is 0.462 e. The van der Waals surface area contributed by atoms with Gasteiger partial charge in [0.2, 0.25) is 0 Å². The highest BCUT2D eigenvalue weighted by Crippen LogP contribution is 2.31. The maximum absolute atomic E-state index is 13.5. The van der Waals surface area contributed by atoms with Crippen LogP contribution in [0.25, 0.3) is 11.1 Å². The van der Waals surface area contributed by atoms with E-state index in [0.29, 0.717) is 29.0 Å². The third-order valence-electron chi connectivity index (χ3n) is 5.65. The van der Waals surface area contributed by atoms with Crippen LogP contribution < -0.4 is 10.9 Å². The number of aromatic nitrogens is 1. The van der Waals surface area contributed by atoms with E-state index >= 15 is 0 Å². The van der Waals surface area contributed by atoms with E-state index in [-0.39, 0.29) is 30.7 Å². The van der Waals surface area contributed by atoms with Crippen molar-refractivity contribution in [1.29, 1.82) is 0 Å². The van der Waals surface area contributed by atoms with E-state index in [1.54, 1.807) is 59.7 Å². The number of amides is 1. The van der Waals surface area contributed by atoms with Gasteiger partial charge in [0.05, 0.1) is 18.3 Å². The molecule has 0 spiro atoms. The molecule has 40 heavy (non-hydrogen) atoms. The SMILES string of the molecule is CCOC(=O)c1cn(C(CC(C)C)C(=O)OC(C)(C)C)c(=O)cc1-c1cc(Cl)ccc1CCNC(=O)OC(C)C. The predicted octanol–water partition coefficient (Wildman–Crippen LogP) is 5.95. The molecule has 1 atom stereocenters. The average Bonchev–Trinajstić information content (AvgIpc) is 2.82. The minimum absolute atomic E-state index is 0.0598. The first-order valence-electron chi connectivity index (χ1n) is 13.5. The van der Waals surface area contributed by atoms with Gasteiger partial charge in [-0.2, -0.15) is 0 Å². The lowest BCUT2D eigenvalue weighted by atomic mass is 9.94. The third-order valence-corrected chi connectivity index (χ3v) is 5.89. The number of benzene rings is 1. The van der Waals surface area contributed by atoms with E-state index in [2.05, 4.69) is 5.32 Å². The van der Waals surface area contributed by atoms with Crippen molar-refractivity contribution in [3.63, 3.8) is 0 Å². The van der Waals surface area contributed by atoms with Crippen molar-refractivity contribution in [2.45, 2.75) is 86.0 Å². The van der Waals surface area contributed by atoms with Crippen LogP contribution in [0.2, 0.25) is 5.02 Å². The fourth-order valence-electron chi connectivity index (χ4n) is 4.10. The molecule has 0 bridgehead atoms. The summed E-state index contributed by atoms with van der Waals surface area (Å²) in [6.45, 7) is 14.7. The summed E-state index contributed by atoms with van der Waals surface area (Å²) in [5.41, 5.74) is 0.456. The van der Waals surface area contributed by atoms with Crippen LogP contribution in [-0.4, -0.2) is 47.5 Å². The Morgan fingerprint density at radius 2 is 1.73 bits per heavy atom. The number of hydrogen-bond donors (Lipinski definition) is 1. The summed E-state index contributed by atoms with van der Waals surface area (Å²) in [7, 11) is 0. The predicted molar refractivity (Wildman–Crippen MR) is 155 cm³/mol. The molecule has 220 valence electrons. The molecule has 9 nitrogen and oxygen atoms in total. The van der Waals surface area contributed by atoms with E-state index in [1.165, 1.54) is 16.8 Å². The van der Waals surface area contributed by atoms with E-state index in [9.17, 15) is 19.2 Å². The van der Waals surface area contributed by atoms with Gasteiger partial charge in [-0.3, -0.25) is 4.79 Å². The molecule has 0 aliphatic carbocycles. The first-order chi connectivity index (χ1) is 18.6. The van der Waals surface area contributed by atoms with Crippen molar-refractivity contribution in [2.24, 2.45) is 5.92 Å². The summed E-state index contributed by atoms with van der Waals surface area (Å²) in [6, 6.07) is 5.50. The smallest absolute Gasteiger partial charge is 0.407 e. The zero-order valence-corrected chi connectivity index (χ0v) is 25.4. The lowest BCUT2D eigenvalue weighted by Gasteiger charge is -2.27. The quantitative estimate of drug-likeness (QED) is 0.260. The van der Waals surface area contributed by atoms with E-state index in [1.807, 2.05) is 13.8 Å². The maximum atomic E-state index is 13.5. The normalized spacial score (nSPS) is 12.3. The summed E-state index contributed by atoms with van der Waals surface area (Å²) < 4.78 is 17.3. The Bertz CT molecular complexity index is 1260. The number of nitrogens with zero attached hydrogens (tertiary/aromatic N) is 1. The number of pyridine rings is 1. The van der Waals surface area contributed by atoms with Crippen LogP contribution in [0, 0.1) is 5.92 Å². The van der Waals surface area contributed by atoms with Crippen LogP contribution >= 0.6 is 11.6 Å². The molecule has 1 heterocycles. The number of carbonyl (C=O) groups is 3. The number of rotatable bonds is 11. The monoisotopic (exact) mass is 576 g/mol. The first kappa shape index (κ1) is 32.9. The number of nitrogens with one attached hydrogen (secondary N) is 1. The Morgan fingerprint density at radius 3 is 2.30 bits per heavy atom. The van der Waals surface area contributed by atoms with Gasteiger partial charge in [-0.15, -0.1) is 0 Å². The Labute approximate surface area is 241 Å². The second-order valence-corrected chi connectivity index (χ2v) is 11.6. The number of esters is 2. The molecule has 1 amide bonds. The molecule has 2 rings (SSSR count). The maximum Gasteiger partial charge on any atom is 0.407 e. The molecule has 2 aromatic rings. The van der Waals surface area contributed by atoms with E-state index in [4.69, 9.17) is 25.8 Å². The standard InChI is InChI=1S/C30H41ClN2O7/c1-9-38-27(35)24-17-33(25(14-18(2)3)28(36)40-30(6,7)8)26(34)16-23(24)22-15-21(31)11-10-20(22)12-13-32-29(37)39-19(4)5/h10-11,15-19,25H,9,12-14H2,1-8H3,(H,32,37). The molecule has 0 radical (unpaired) electrons. The van der Waals surface area contributed by atoms with Gasteiger partial charge in [-0.05, 0) is 83.6 Å². The van der Waals surface area contributed by atoms with Gasteiger partial charge in [0.1, 0.15) is 11.6 Å². The summed E-state index contributed by atoms with van der Waals surface area (Å²) in [5, 5.41) is 3.09. The molecule has 0 saturated carbocycles. The van der Waals surface area contributed by atoms with Crippen molar-refractivity contribution in [3.8, 4) is 11.1 Å². The van der Waals surface area contributed by atoms with Crippen molar-refractivity contribution in [2.75, 3.05) is 13.2 Å². The number of ether oxygens (including phenoxy) is 3. The fraction of sp³-hybridized carbons (Fsp3) is 0.533. The van der Waals surface area contributed by atoms with Crippen LogP contribution in [0.4, 0.5) is 4.79 Å². The van der Waals surface area contributed by atoms with Gasteiger partial charge < -0.3 is 24.1 Å². The van der Waals surface area contributed by atoms with Gasteiger partial charge in [-0.1, -0.05) is 31.5 Å². The van der Waals surface area contributed by atoms with E-state index in [0.717, 1.165) is 5.56 Å². The van der Waals surface area contributed by atoms with Crippen LogP contribution in [0.3, 0.4) is 0 Å². The molecule has 10 heteroatoms. The highest BCUT2D eigenvalue weighted by molar-refractivity contribution is 6.31. The molecule has 1 N–H and O–H groups in total. The molecule has 1 unspecified atom stereocenters. The van der Waals surface area contributed by atoms with Crippen molar-refractivity contribution in [3.05, 3.63) is 57.0 Å². The number of alkyl carbamates (subject to hydrolysis) is 1. The van der Waals surface area contributed by atoms with Gasteiger partial charge in [-0.25, -0.2) is 14.4 Å². The summed E-state index contributed by atoms with van der Waals surface area (Å²) in [5.74, 6) is -1.15. The van der Waals surface area contributed by atoms with Gasteiger partial charge in [0.25, 0.3) is 5.56 Å². The minimum Gasteiger partial charge on any atom is -0.462 e. The topological polar surface area (TPSA) is 113 Å². The van der Waals surface area contributed by atoms with Gasteiger partial charge in [0, 0.05) is 29.4 Å². The summed E-state index contributed by atoms with van der Waals surface area (Å²) in [4.78, 5) is 51.8. The van der Waals surface area contributed by atoms with Gasteiger partial charge >= 0.3 is 18.0 Å². The lowest BCUT2D eigenvalue weighted by Crippen LogP contribution is -2.36. The van der Waals surface area contributed by atoms with Crippen LogP contribution in [-0.2, 0) is 25.4 Å². The second kappa shape index (κ2) is 14.3. The highest BCUT2D eigenvalue weighted by Gasteiger charge is 2.30. The number of carbonyl (C=O) groups excluding carboxylic acids is 3. The summed E-state index contributed by atoms with van der Waals surface area (Å²) in [6.07, 6.45) is 1.27. The molecule has 0 aliphatic rings. The third kappa shape index (κ3) is 9.70. The molecular formula is C30H41ClN2O7. The fourth-order valence-corrected chi connectivity index (χ4v) is 4.27. The molecule has 0 fully saturated rings. The lowest BCUT2D eigenvalue weighted by molar-refractivity contribution is -0.159. The van der Waals surface area contributed by atoms with Gasteiger partial charge in [0.15, 0.2) is 0 Å². The zero-order chi connectivity index (χ0) is 30.2. The first-order valence-corrected chi connectivity index (χ1v) is 13.9. The molecule has 1 aromatic heterocycles. The Balaban J connectivity index is 2.64. The molecule has 0 saturated heterocycles. The Morgan fingerprint density at radius 1 is 1.05 bits per heavy atom. The van der Waals surface area contributed by atoms with Crippen LogP contribution in [0.15, 0.2) is 35.3 Å². The zero-order valence-electron chi connectivity index (χ0n) is 24.6. The molecule has 1 aromatic carbocycles. The minimum atomic E-state index is -0.941. The van der Waals surface area contributed by atoms with Crippen LogP contribution in [0.1, 0.15) is 83.8 Å². The van der Waals surface area contributed by atoms with Crippen molar-refractivity contribution in [1.82, 2.24) is 9.88 Å². The summed E-state index contributed by atoms with van der Waals surface area (Å²) >= 11 is 6.33. The molecular weight excluding hydrogens is 536 g/mol. The number of hydrogen-bond acceptors (Lipinski definition) is 7. The molecule has 0 aliphatic heterocycles. The van der Waals surface area contributed by atoms with Crippen molar-refractivity contribution >= 4 is 29.6 Å². The van der Waals surface area contributed by atoms with Crippen LogP contribution in [0.5, 0.6) is 0 Å². The Kier molecular flexibility index (Phi) is 11.8. The Hall–Kier alpha value is -3.33. The number of halogens is 1. The average molecular weight is 577 g/mol. The highest BCUT2D eigenvalue weighted by atomic mass is 35.5. The van der Waals surface area contributed by atoms with Crippen molar-refractivity contribution < 1.29 is 28.6 Å². The van der Waals surface area contributed by atoms with E-state index < -0.39 is 35.2 Å².